The van der Waals surface area contributed by atoms with Crippen molar-refractivity contribution in [2.24, 2.45) is 0 Å². The molecule has 2 aliphatic heterocycles. The lowest BCUT2D eigenvalue weighted by Gasteiger charge is -2.45. The normalized spacial score (nSPS) is 27.5. The lowest BCUT2D eigenvalue weighted by atomic mass is 9.83. The van der Waals surface area contributed by atoms with Gasteiger partial charge in [0.15, 0.2) is 0 Å². The molecule has 0 aliphatic carbocycles. The Kier molecular flexibility index (Phi) is 3.65. The summed E-state index contributed by atoms with van der Waals surface area (Å²) in [5.74, 6) is 0.261. The van der Waals surface area contributed by atoms with Crippen LogP contribution in [0.25, 0.3) is 0 Å². The molecule has 0 N–H and O–H groups in total. The predicted octanol–water partition coefficient (Wildman–Crippen LogP) is 2.95. The Morgan fingerprint density at radius 3 is 2.37 bits per heavy atom. The number of halogens is 1. The molecule has 2 atom stereocenters. The first kappa shape index (κ1) is 12.8. The molecule has 0 spiro atoms. The van der Waals surface area contributed by atoms with E-state index < -0.39 is 0 Å². The molecule has 0 saturated carbocycles. The third-order valence-corrected chi connectivity index (χ3v) is 4.51. The number of benzene rings is 1. The van der Waals surface area contributed by atoms with Crippen LogP contribution in [-0.2, 0) is 11.2 Å². The lowest BCUT2D eigenvalue weighted by Crippen LogP contribution is -2.52. The van der Waals surface area contributed by atoms with Gasteiger partial charge in [-0.25, -0.2) is 4.39 Å². The fourth-order valence-corrected chi connectivity index (χ4v) is 3.54. The minimum absolute atomic E-state index is 0.177. The number of Topliss-reactive ketones (excluding diaryl/α,β-unsaturated/α-hetero) is 1. The fourth-order valence-electron chi connectivity index (χ4n) is 3.54. The van der Waals surface area contributed by atoms with Gasteiger partial charge >= 0.3 is 0 Å². The second-order valence-electron chi connectivity index (χ2n) is 5.80. The summed E-state index contributed by atoms with van der Waals surface area (Å²) >= 11 is 0. The first-order valence-corrected chi connectivity index (χ1v) is 7.24. The van der Waals surface area contributed by atoms with Gasteiger partial charge in [0.05, 0.1) is 0 Å². The molecular formula is C16H20FNO. The highest BCUT2D eigenvalue weighted by molar-refractivity contribution is 5.80. The van der Waals surface area contributed by atoms with Gasteiger partial charge in [0.2, 0.25) is 0 Å². The molecule has 2 bridgehead atoms. The van der Waals surface area contributed by atoms with E-state index in [0.717, 1.165) is 38.6 Å². The van der Waals surface area contributed by atoms with Gasteiger partial charge in [-0.15, -0.1) is 0 Å². The van der Waals surface area contributed by atoms with Crippen molar-refractivity contribution in [2.75, 3.05) is 6.54 Å². The number of nitrogens with zero attached hydrogens (tertiary/aromatic N) is 1. The fraction of sp³-hybridized carbons (Fsp3) is 0.562. The van der Waals surface area contributed by atoms with Crippen molar-refractivity contribution in [2.45, 2.75) is 50.6 Å². The first-order valence-electron chi connectivity index (χ1n) is 7.24. The third kappa shape index (κ3) is 2.86. The standard InChI is InChI=1S/C16H20FNO/c17-13-6-4-12(5-7-13)8-9-18-14-2-1-3-15(18)11-16(19)10-14/h4-7,14-15H,1-3,8-11H2. The van der Waals surface area contributed by atoms with Crippen LogP contribution >= 0.6 is 0 Å². The summed E-state index contributed by atoms with van der Waals surface area (Å²) < 4.78 is 12.9. The number of fused-ring (bicyclic) bond motifs is 2. The Hall–Kier alpha value is -1.22. The van der Waals surface area contributed by atoms with Crippen molar-refractivity contribution in [3.63, 3.8) is 0 Å². The maximum absolute atomic E-state index is 12.9. The van der Waals surface area contributed by atoms with Crippen LogP contribution < -0.4 is 0 Å². The van der Waals surface area contributed by atoms with Gasteiger partial charge < -0.3 is 0 Å². The summed E-state index contributed by atoms with van der Waals surface area (Å²) in [6.45, 7) is 0.994. The maximum atomic E-state index is 12.9. The van der Waals surface area contributed by atoms with Crippen LogP contribution in [0.4, 0.5) is 4.39 Å². The summed E-state index contributed by atoms with van der Waals surface area (Å²) in [4.78, 5) is 14.2. The second kappa shape index (κ2) is 5.41. The van der Waals surface area contributed by atoms with E-state index in [-0.39, 0.29) is 5.82 Å². The van der Waals surface area contributed by atoms with Gasteiger partial charge in [-0.2, -0.15) is 0 Å². The lowest BCUT2D eigenvalue weighted by molar-refractivity contribution is -0.127. The summed E-state index contributed by atoms with van der Waals surface area (Å²) in [5.41, 5.74) is 1.18. The zero-order valence-electron chi connectivity index (χ0n) is 11.1. The highest BCUT2D eigenvalue weighted by Crippen LogP contribution is 2.32. The van der Waals surface area contributed by atoms with Gasteiger partial charge in [0.1, 0.15) is 11.6 Å². The van der Waals surface area contributed by atoms with Gasteiger partial charge in [-0.05, 0) is 37.0 Å². The molecule has 2 unspecified atom stereocenters. The van der Waals surface area contributed by atoms with Gasteiger partial charge in [-0.3, -0.25) is 9.69 Å². The smallest absolute Gasteiger partial charge is 0.136 e. The minimum atomic E-state index is -0.177. The zero-order valence-corrected chi connectivity index (χ0v) is 11.1. The number of ketones is 1. The van der Waals surface area contributed by atoms with Crippen LogP contribution in [0.1, 0.15) is 37.7 Å². The molecule has 1 aromatic carbocycles. The van der Waals surface area contributed by atoms with Crippen LogP contribution in [0.3, 0.4) is 0 Å². The molecular weight excluding hydrogens is 241 g/mol. The van der Waals surface area contributed by atoms with Crippen LogP contribution in [0.2, 0.25) is 0 Å². The summed E-state index contributed by atoms with van der Waals surface area (Å²) in [5, 5.41) is 0. The van der Waals surface area contributed by atoms with Crippen LogP contribution in [-0.4, -0.2) is 29.3 Å². The quantitative estimate of drug-likeness (QED) is 0.833. The molecule has 2 heterocycles. The van der Waals surface area contributed by atoms with E-state index in [0.29, 0.717) is 17.9 Å². The second-order valence-corrected chi connectivity index (χ2v) is 5.80. The zero-order chi connectivity index (χ0) is 13.2. The molecule has 0 amide bonds. The minimum Gasteiger partial charge on any atom is -0.300 e. The Morgan fingerprint density at radius 2 is 1.74 bits per heavy atom. The Bertz CT molecular complexity index is 440. The monoisotopic (exact) mass is 261 g/mol. The van der Waals surface area contributed by atoms with Crippen LogP contribution in [0, 0.1) is 5.82 Å². The highest BCUT2D eigenvalue weighted by atomic mass is 19.1. The Balaban J connectivity index is 1.63. The topological polar surface area (TPSA) is 20.3 Å². The van der Waals surface area contributed by atoms with E-state index in [4.69, 9.17) is 0 Å². The van der Waals surface area contributed by atoms with E-state index >= 15 is 0 Å². The third-order valence-electron chi connectivity index (χ3n) is 4.51. The average molecular weight is 261 g/mol. The van der Waals surface area contributed by atoms with Crippen molar-refractivity contribution >= 4 is 5.78 Å². The number of hydrogen-bond donors (Lipinski definition) is 0. The highest BCUT2D eigenvalue weighted by Gasteiger charge is 2.36. The molecule has 2 saturated heterocycles. The number of carbonyl (C=O) groups excluding carboxylic acids is 1. The van der Waals surface area contributed by atoms with E-state index in [9.17, 15) is 9.18 Å². The van der Waals surface area contributed by atoms with E-state index in [1.54, 1.807) is 0 Å². The van der Waals surface area contributed by atoms with Gasteiger partial charge in [-0.1, -0.05) is 18.6 Å². The summed E-state index contributed by atoms with van der Waals surface area (Å²) in [6.07, 6.45) is 5.99. The van der Waals surface area contributed by atoms with E-state index in [1.807, 2.05) is 12.1 Å². The molecule has 3 heteroatoms. The predicted molar refractivity (Wildman–Crippen MR) is 72.5 cm³/mol. The number of piperidine rings is 2. The molecule has 0 aromatic heterocycles. The Morgan fingerprint density at radius 1 is 1.11 bits per heavy atom. The van der Waals surface area contributed by atoms with E-state index in [1.165, 1.54) is 24.1 Å². The van der Waals surface area contributed by atoms with Crippen molar-refractivity contribution in [3.8, 4) is 0 Å². The molecule has 1 aromatic rings. The molecule has 19 heavy (non-hydrogen) atoms. The van der Waals surface area contributed by atoms with Crippen molar-refractivity contribution in [3.05, 3.63) is 35.6 Å². The summed E-state index contributed by atoms with van der Waals surface area (Å²) in [7, 11) is 0. The first-order chi connectivity index (χ1) is 9.22. The molecule has 102 valence electrons. The van der Waals surface area contributed by atoms with Crippen molar-refractivity contribution in [1.82, 2.24) is 4.90 Å². The molecule has 2 aliphatic rings. The Labute approximate surface area is 113 Å². The SMILES string of the molecule is O=C1CC2CCCC(C1)N2CCc1ccc(F)cc1. The van der Waals surface area contributed by atoms with Gasteiger partial charge in [0, 0.05) is 31.5 Å². The van der Waals surface area contributed by atoms with Crippen molar-refractivity contribution in [1.29, 1.82) is 0 Å². The number of rotatable bonds is 3. The van der Waals surface area contributed by atoms with Crippen molar-refractivity contribution < 1.29 is 9.18 Å². The van der Waals surface area contributed by atoms with E-state index in [2.05, 4.69) is 4.90 Å². The van der Waals surface area contributed by atoms with Crippen LogP contribution in [0.15, 0.2) is 24.3 Å². The number of carbonyl (C=O) groups is 1. The molecule has 2 nitrogen and oxygen atoms in total. The summed E-state index contributed by atoms with van der Waals surface area (Å²) in [6, 6.07) is 7.69. The molecule has 3 rings (SSSR count). The maximum Gasteiger partial charge on any atom is 0.136 e. The number of hydrogen-bond acceptors (Lipinski definition) is 2. The van der Waals surface area contributed by atoms with Gasteiger partial charge in [0.25, 0.3) is 0 Å². The average Bonchev–Trinajstić information content (AvgIpc) is 2.38. The molecule has 2 fully saturated rings. The van der Waals surface area contributed by atoms with Crippen LogP contribution in [0.5, 0.6) is 0 Å². The largest absolute Gasteiger partial charge is 0.300 e. The molecule has 0 radical (unpaired) electrons.